The molecule has 0 aromatic heterocycles. The van der Waals surface area contributed by atoms with Gasteiger partial charge in [-0.25, -0.2) is 13.8 Å². The van der Waals surface area contributed by atoms with Gasteiger partial charge in [-0.15, -0.1) is 0 Å². The van der Waals surface area contributed by atoms with Crippen molar-refractivity contribution < 1.29 is 22.7 Å². The summed E-state index contributed by atoms with van der Waals surface area (Å²) in [5, 5.41) is 3.93. The van der Waals surface area contributed by atoms with Crippen molar-refractivity contribution in [1.29, 1.82) is 0 Å². The molecule has 9 heteroatoms. The van der Waals surface area contributed by atoms with Gasteiger partial charge in [-0.05, 0) is 55.0 Å². The van der Waals surface area contributed by atoms with E-state index in [1.807, 2.05) is 31.2 Å². The molecule has 1 amide bonds. The zero-order chi connectivity index (χ0) is 20.7. The van der Waals surface area contributed by atoms with E-state index in [1.54, 1.807) is 12.1 Å². The van der Waals surface area contributed by atoms with Crippen molar-refractivity contribution in [3.63, 3.8) is 0 Å². The molecule has 29 heavy (non-hydrogen) atoms. The van der Waals surface area contributed by atoms with E-state index in [2.05, 4.69) is 10.5 Å². The third kappa shape index (κ3) is 5.41. The van der Waals surface area contributed by atoms with E-state index in [4.69, 9.17) is 9.47 Å². The molecule has 0 atom stereocenters. The molecule has 3 rings (SSSR count). The maximum Gasteiger partial charge on any atom is 0.271 e. The van der Waals surface area contributed by atoms with Crippen LogP contribution < -0.4 is 10.2 Å². The number of carbonyl (C=O) groups is 1. The van der Waals surface area contributed by atoms with Gasteiger partial charge in [0.15, 0.2) is 0 Å². The van der Waals surface area contributed by atoms with E-state index in [0.717, 1.165) is 11.3 Å². The Hall–Kier alpha value is -2.75. The number of sulfonamides is 1. The summed E-state index contributed by atoms with van der Waals surface area (Å²) in [5.74, 6) is 0.262. The highest BCUT2D eigenvalue weighted by atomic mass is 32.2. The number of rotatable bonds is 7. The topological polar surface area (TPSA) is 97.3 Å². The summed E-state index contributed by atoms with van der Waals surface area (Å²) in [7, 11) is -3.67. The number of carbonyl (C=O) groups excluding carboxylic acids is 1. The fourth-order valence-electron chi connectivity index (χ4n) is 2.78. The summed E-state index contributed by atoms with van der Waals surface area (Å²) < 4.78 is 37.4. The van der Waals surface area contributed by atoms with Gasteiger partial charge in [0.05, 0.1) is 30.9 Å². The molecule has 8 nitrogen and oxygen atoms in total. The van der Waals surface area contributed by atoms with Crippen LogP contribution in [0, 0.1) is 0 Å². The Morgan fingerprint density at radius 3 is 2.62 bits per heavy atom. The molecule has 1 aliphatic rings. The molecule has 1 fully saturated rings. The maximum absolute atomic E-state index is 12.7. The number of benzene rings is 2. The summed E-state index contributed by atoms with van der Waals surface area (Å²) in [4.78, 5) is 12.4. The number of amides is 1. The van der Waals surface area contributed by atoms with E-state index in [1.165, 1.54) is 22.7 Å². The molecule has 0 radical (unpaired) electrons. The van der Waals surface area contributed by atoms with Crippen LogP contribution in [0.3, 0.4) is 0 Å². The number of nitrogens with zero attached hydrogens (tertiary/aromatic N) is 2. The fourth-order valence-corrected chi connectivity index (χ4v) is 4.23. The summed E-state index contributed by atoms with van der Waals surface area (Å²) >= 11 is 0. The smallest absolute Gasteiger partial charge is 0.271 e. The minimum Gasteiger partial charge on any atom is -0.494 e. The summed E-state index contributed by atoms with van der Waals surface area (Å²) in [6.07, 6.45) is 1.50. The van der Waals surface area contributed by atoms with E-state index in [0.29, 0.717) is 32.9 Å². The largest absolute Gasteiger partial charge is 0.494 e. The third-order valence-corrected chi connectivity index (χ3v) is 6.17. The average Bonchev–Trinajstić information content (AvgIpc) is 2.76. The average molecular weight is 417 g/mol. The summed E-state index contributed by atoms with van der Waals surface area (Å²) in [6, 6.07) is 13.2. The Kier molecular flexibility index (Phi) is 6.97. The van der Waals surface area contributed by atoms with Crippen LogP contribution in [0.4, 0.5) is 0 Å². The second kappa shape index (κ2) is 9.64. The second-order valence-electron chi connectivity index (χ2n) is 6.25. The monoisotopic (exact) mass is 417 g/mol. The van der Waals surface area contributed by atoms with E-state index >= 15 is 0 Å². The zero-order valence-electron chi connectivity index (χ0n) is 16.1. The van der Waals surface area contributed by atoms with Gasteiger partial charge in [0.1, 0.15) is 5.75 Å². The van der Waals surface area contributed by atoms with Gasteiger partial charge in [-0.3, -0.25) is 4.79 Å². The van der Waals surface area contributed by atoms with Gasteiger partial charge in [-0.1, -0.05) is 6.07 Å². The van der Waals surface area contributed by atoms with Gasteiger partial charge in [0.2, 0.25) is 10.0 Å². The molecule has 0 unspecified atom stereocenters. The van der Waals surface area contributed by atoms with E-state index in [-0.39, 0.29) is 10.5 Å². The lowest BCUT2D eigenvalue weighted by molar-refractivity contribution is 0.0730. The molecule has 2 aromatic rings. The van der Waals surface area contributed by atoms with E-state index < -0.39 is 15.9 Å². The number of nitrogens with one attached hydrogen (secondary N) is 1. The molecule has 1 aliphatic heterocycles. The normalized spacial score (nSPS) is 15.3. The van der Waals surface area contributed by atoms with Crippen LogP contribution in [0.5, 0.6) is 5.75 Å². The first-order valence-corrected chi connectivity index (χ1v) is 10.7. The molecular formula is C20H23N3O5S. The quantitative estimate of drug-likeness (QED) is 0.548. The first-order chi connectivity index (χ1) is 14.0. The van der Waals surface area contributed by atoms with Gasteiger partial charge in [0, 0.05) is 18.7 Å². The molecule has 1 saturated heterocycles. The van der Waals surface area contributed by atoms with Crippen molar-refractivity contribution in [2.45, 2.75) is 11.8 Å². The summed E-state index contributed by atoms with van der Waals surface area (Å²) in [5.41, 5.74) is 3.42. The van der Waals surface area contributed by atoms with Gasteiger partial charge < -0.3 is 9.47 Å². The number of hydrogen-bond donors (Lipinski definition) is 1. The minimum atomic E-state index is -3.67. The maximum atomic E-state index is 12.7. The highest BCUT2D eigenvalue weighted by Gasteiger charge is 2.26. The first-order valence-electron chi connectivity index (χ1n) is 9.25. The molecule has 154 valence electrons. The molecule has 0 spiro atoms. The van der Waals surface area contributed by atoms with Crippen molar-refractivity contribution in [2.24, 2.45) is 5.10 Å². The van der Waals surface area contributed by atoms with Crippen molar-refractivity contribution in [1.82, 2.24) is 9.73 Å². The highest BCUT2D eigenvalue weighted by molar-refractivity contribution is 7.89. The highest BCUT2D eigenvalue weighted by Crippen LogP contribution is 2.18. The van der Waals surface area contributed by atoms with Crippen molar-refractivity contribution in [3.05, 3.63) is 59.7 Å². The SMILES string of the molecule is CCOc1ccc(/C=N/NC(=O)c2cccc(S(=O)(=O)N3CCOCC3)c2)cc1. The molecule has 0 aliphatic carbocycles. The number of ether oxygens (including phenoxy) is 2. The number of morpholine rings is 1. The van der Waals surface area contributed by atoms with Crippen LogP contribution in [-0.2, 0) is 14.8 Å². The van der Waals surface area contributed by atoms with Crippen LogP contribution in [0.1, 0.15) is 22.8 Å². The van der Waals surface area contributed by atoms with Crippen molar-refractivity contribution >= 4 is 22.1 Å². The van der Waals surface area contributed by atoms with Gasteiger partial charge >= 0.3 is 0 Å². The molecular weight excluding hydrogens is 394 g/mol. The van der Waals surface area contributed by atoms with Crippen LogP contribution in [0.2, 0.25) is 0 Å². The fraction of sp³-hybridized carbons (Fsp3) is 0.300. The van der Waals surface area contributed by atoms with Crippen molar-refractivity contribution in [2.75, 3.05) is 32.9 Å². The number of hydrazone groups is 1. The van der Waals surface area contributed by atoms with Gasteiger partial charge in [-0.2, -0.15) is 9.41 Å². The van der Waals surface area contributed by atoms with Crippen molar-refractivity contribution in [3.8, 4) is 5.75 Å². The molecule has 2 aromatic carbocycles. The molecule has 0 bridgehead atoms. The number of hydrogen-bond acceptors (Lipinski definition) is 6. The van der Waals surface area contributed by atoms with Crippen LogP contribution in [0.15, 0.2) is 58.5 Å². The van der Waals surface area contributed by atoms with Gasteiger partial charge in [0.25, 0.3) is 5.91 Å². The molecule has 1 heterocycles. The Morgan fingerprint density at radius 2 is 1.93 bits per heavy atom. The predicted octanol–water partition coefficient (Wildman–Crippen LogP) is 1.87. The standard InChI is InChI=1S/C20H23N3O5S/c1-2-28-18-8-6-16(7-9-18)15-21-22-20(24)17-4-3-5-19(14-17)29(25,26)23-10-12-27-13-11-23/h3-9,14-15H,2,10-13H2,1H3,(H,22,24)/b21-15+. The van der Waals surface area contributed by atoms with Crippen LogP contribution >= 0.6 is 0 Å². The second-order valence-corrected chi connectivity index (χ2v) is 8.18. The van der Waals surface area contributed by atoms with Crippen LogP contribution in [0.25, 0.3) is 0 Å². The zero-order valence-corrected chi connectivity index (χ0v) is 16.9. The lowest BCUT2D eigenvalue weighted by Crippen LogP contribution is -2.40. The molecule has 1 N–H and O–H groups in total. The lowest BCUT2D eigenvalue weighted by Gasteiger charge is -2.26. The third-order valence-electron chi connectivity index (χ3n) is 4.27. The Bertz CT molecular complexity index is 968. The van der Waals surface area contributed by atoms with Crippen LogP contribution in [-0.4, -0.2) is 57.8 Å². The Labute approximate surface area is 170 Å². The Morgan fingerprint density at radius 1 is 1.21 bits per heavy atom. The van der Waals surface area contributed by atoms with E-state index in [9.17, 15) is 13.2 Å². The Balaban J connectivity index is 1.66. The predicted molar refractivity (Wildman–Crippen MR) is 109 cm³/mol. The molecule has 0 saturated carbocycles. The summed E-state index contributed by atoms with van der Waals surface area (Å²) in [6.45, 7) is 3.81. The minimum absolute atomic E-state index is 0.0718. The lowest BCUT2D eigenvalue weighted by atomic mass is 10.2. The first kappa shape index (κ1) is 21.0.